The van der Waals surface area contributed by atoms with Gasteiger partial charge in [0.1, 0.15) is 12.7 Å². The third-order valence-corrected chi connectivity index (χ3v) is 5.99. The van der Waals surface area contributed by atoms with Gasteiger partial charge in [-0.3, -0.25) is 0 Å². The van der Waals surface area contributed by atoms with E-state index in [0.29, 0.717) is 6.54 Å². The Kier molecular flexibility index (Phi) is 4.93. The topological polar surface area (TPSA) is 94.7 Å². The average molecular weight is 396 g/mol. The molecule has 2 aromatic heterocycles. The number of sulfonamides is 1. The van der Waals surface area contributed by atoms with Crippen LogP contribution in [0.2, 0.25) is 0 Å². The average Bonchev–Trinajstić information content (AvgIpc) is 3.36. The minimum absolute atomic E-state index is 0.0191. The molecule has 0 aliphatic rings. The molecule has 0 aliphatic heterocycles. The molecular weight excluding hydrogens is 376 g/mol. The van der Waals surface area contributed by atoms with Crippen molar-refractivity contribution >= 4 is 21.1 Å². The first-order valence-corrected chi connectivity index (χ1v) is 10.5. The Bertz CT molecular complexity index is 1170. The lowest BCUT2D eigenvalue weighted by Gasteiger charge is -2.15. The zero-order chi connectivity index (χ0) is 19.6. The van der Waals surface area contributed by atoms with Gasteiger partial charge in [0.05, 0.1) is 28.8 Å². The predicted octanol–water partition coefficient (Wildman–Crippen LogP) is 2.30. The van der Waals surface area contributed by atoms with Crippen LogP contribution in [0.1, 0.15) is 18.5 Å². The number of rotatable bonds is 7. The summed E-state index contributed by atoms with van der Waals surface area (Å²) in [5.41, 5.74) is 3.52. The van der Waals surface area contributed by atoms with E-state index in [9.17, 15) is 8.42 Å². The maximum atomic E-state index is 12.5. The second-order valence-electron chi connectivity index (χ2n) is 6.52. The molecule has 0 aliphatic carbocycles. The Morgan fingerprint density at radius 1 is 1.07 bits per heavy atom. The standard InChI is InChI=1S/C19H20N6O2S/c1-15(16-6-8-17(9-7-16)25-13-20-12-22-25)23-28(26,27)11-10-24-14-21-18-4-2-3-5-19(18)24/h2-9,12-15,23H,10-11H2,1H3/t15-/m0/s1. The van der Waals surface area contributed by atoms with Crippen molar-refractivity contribution in [1.29, 1.82) is 0 Å². The van der Waals surface area contributed by atoms with E-state index in [-0.39, 0.29) is 11.8 Å². The van der Waals surface area contributed by atoms with Crippen molar-refractivity contribution in [2.24, 2.45) is 0 Å². The number of benzene rings is 2. The van der Waals surface area contributed by atoms with Gasteiger partial charge in [-0.15, -0.1) is 0 Å². The van der Waals surface area contributed by atoms with Crippen molar-refractivity contribution < 1.29 is 8.42 Å². The van der Waals surface area contributed by atoms with Gasteiger partial charge in [-0.2, -0.15) is 5.10 Å². The number of para-hydroxylation sites is 2. The van der Waals surface area contributed by atoms with E-state index in [4.69, 9.17) is 0 Å². The highest BCUT2D eigenvalue weighted by molar-refractivity contribution is 7.89. The first-order chi connectivity index (χ1) is 13.5. The van der Waals surface area contributed by atoms with Crippen LogP contribution in [0.25, 0.3) is 16.7 Å². The summed E-state index contributed by atoms with van der Waals surface area (Å²) in [7, 11) is -3.45. The SMILES string of the molecule is C[C@H](NS(=O)(=O)CCn1cnc2ccccc21)c1ccc(-n2cncn2)cc1. The Morgan fingerprint density at radius 2 is 1.86 bits per heavy atom. The molecule has 9 heteroatoms. The van der Waals surface area contributed by atoms with Crippen molar-refractivity contribution in [2.75, 3.05) is 5.75 Å². The fraction of sp³-hybridized carbons (Fsp3) is 0.211. The summed E-state index contributed by atoms with van der Waals surface area (Å²) in [4.78, 5) is 8.21. The van der Waals surface area contributed by atoms with Crippen LogP contribution in [0.15, 0.2) is 67.5 Å². The fourth-order valence-corrected chi connectivity index (χ4v) is 4.29. The quantitative estimate of drug-likeness (QED) is 0.517. The first-order valence-electron chi connectivity index (χ1n) is 8.87. The van der Waals surface area contributed by atoms with Gasteiger partial charge in [-0.05, 0) is 36.8 Å². The van der Waals surface area contributed by atoms with Crippen LogP contribution in [0.4, 0.5) is 0 Å². The normalized spacial score (nSPS) is 13.0. The molecule has 2 aromatic carbocycles. The van der Waals surface area contributed by atoms with Crippen molar-refractivity contribution in [2.45, 2.75) is 19.5 Å². The molecule has 28 heavy (non-hydrogen) atoms. The van der Waals surface area contributed by atoms with Gasteiger partial charge in [-0.1, -0.05) is 24.3 Å². The summed E-state index contributed by atoms with van der Waals surface area (Å²) in [6.45, 7) is 2.17. The highest BCUT2D eigenvalue weighted by atomic mass is 32.2. The van der Waals surface area contributed by atoms with Crippen LogP contribution in [0.5, 0.6) is 0 Å². The third kappa shape index (κ3) is 3.95. The van der Waals surface area contributed by atoms with E-state index in [0.717, 1.165) is 22.3 Å². The molecule has 0 spiro atoms. The van der Waals surface area contributed by atoms with E-state index in [1.165, 1.54) is 6.33 Å². The first kappa shape index (κ1) is 18.3. The van der Waals surface area contributed by atoms with Crippen LogP contribution >= 0.6 is 0 Å². The number of nitrogens with zero attached hydrogens (tertiary/aromatic N) is 5. The summed E-state index contributed by atoms with van der Waals surface area (Å²) in [6.07, 6.45) is 4.75. The molecule has 4 rings (SSSR count). The van der Waals surface area contributed by atoms with Crippen LogP contribution in [0.3, 0.4) is 0 Å². The lowest BCUT2D eigenvalue weighted by molar-refractivity contribution is 0.561. The lowest BCUT2D eigenvalue weighted by Crippen LogP contribution is -2.30. The van der Waals surface area contributed by atoms with Gasteiger partial charge in [0, 0.05) is 12.6 Å². The molecule has 0 saturated heterocycles. The van der Waals surface area contributed by atoms with Gasteiger partial charge in [0.25, 0.3) is 0 Å². The number of hydrogen-bond donors (Lipinski definition) is 1. The molecule has 0 fully saturated rings. The minimum Gasteiger partial charge on any atom is -0.330 e. The summed E-state index contributed by atoms with van der Waals surface area (Å²) in [6, 6.07) is 14.9. The molecule has 0 saturated carbocycles. The third-order valence-electron chi connectivity index (χ3n) is 4.56. The van der Waals surface area contributed by atoms with Gasteiger partial charge < -0.3 is 4.57 Å². The van der Waals surface area contributed by atoms with Crippen molar-refractivity contribution in [1.82, 2.24) is 29.0 Å². The van der Waals surface area contributed by atoms with Crippen LogP contribution in [0, 0.1) is 0 Å². The molecule has 0 amide bonds. The van der Waals surface area contributed by atoms with E-state index < -0.39 is 10.0 Å². The van der Waals surface area contributed by atoms with Gasteiger partial charge >= 0.3 is 0 Å². The molecule has 0 bridgehead atoms. The Hall–Kier alpha value is -3.04. The zero-order valence-corrected chi connectivity index (χ0v) is 16.1. The number of fused-ring (bicyclic) bond motifs is 1. The molecule has 1 N–H and O–H groups in total. The largest absolute Gasteiger partial charge is 0.330 e. The highest BCUT2D eigenvalue weighted by Crippen LogP contribution is 2.17. The summed E-state index contributed by atoms with van der Waals surface area (Å²) in [5.74, 6) is -0.0191. The molecule has 4 aromatic rings. The molecular formula is C19H20N6O2S. The van der Waals surface area contributed by atoms with E-state index >= 15 is 0 Å². The maximum Gasteiger partial charge on any atom is 0.213 e. The van der Waals surface area contributed by atoms with Crippen molar-refractivity contribution in [3.63, 3.8) is 0 Å². The number of aromatic nitrogens is 5. The van der Waals surface area contributed by atoms with Gasteiger partial charge in [0.15, 0.2) is 0 Å². The van der Waals surface area contributed by atoms with Crippen LogP contribution in [-0.4, -0.2) is 38.5 Å². The van der Waals surface area contributed by atoms with Crippen molar-refractivity contribution in [3.8, 4) is 5.69 Å². The minimum atomic E-state index is -3.45. The Labute approximate surface area is 162 Å². The summed E-state index contributed by atoms with van der Waals surface area (Å²) < 4.78 is 31.3. The maximum absolute atomic E-state index is 12.5. The zero-order valence-electron chi connectivity index (χ0n) is 15.3. The van der Waals surface area contributed by atoms with E-state index in [1.54, 1.807) is 17.3 Å². The summed E-state index contributed by atoms with van der Waals surface area (Å²) in [5, 5.41) is 4.08. The van der Waals surface area contributed by atoms with Crippen LogP contribution in [-0.2, 0) is 16.6 Å². The lowest BCUT2D eigenvalue weighted by atomic mass is 10.1. The van der Waals surface area contributed by atoms with Gasteiger partial charge in [0.2, 0.25) is 10.0 Å². The number of imidazole rings is 1. The fourth-order valence-electron chi connectivity index (χ4n) is 3.06. The second-order valence-corrected chi connectivity index (χ2v) is 8.39. The number of hydrogen-bond acceptors (Lipinski definition) is 5. The molecule has 0 radical (unpaired) electrons. The van der Waals surface area contributed by atoms with E-state index in [1.807, 2.05) is 60.0 Å². The number of nitrogens with one attached hydrogen (secondary N) is 1. The second kappa shape index (κ2) is 7.53. The molecule has 2 heterocycles. The predicted molar refractivity (Wildman–Crippen MR) is 106 cm³/mol. The molecule has 144 valence electrons. The van der Waals surface area contributed by atoms with E-state index in [2.05, 4.69) is 19.8 Å². The van der Waals surface area contributed by atoms with Gasteiger partial charge in [-0.25, -0.2) is 27.8 Å². The Morgan fingerprint density at radius 3 is 2.61 bits per heavy atom. The smallest absolute Gasteiger partial charge is 0.213 e. The summed E-state index contributed by atoms with van der Waals surface area (Å²) >= 11 is 0. The van der Waals surface area contributed by atoms with Crippen molar-refractivity contribution in [3.05, 3.63) is 73.1 Å². The number of aryl methyl sites for hydroxylation is 1. The monoisotopic (exact) mass is 396 g/mol. The highest BCUT2D eigenvalue weighted by Gasteiger charge is 2.16. The molecule has 0 unspecified atom stereocenters. The van der Waals surface area contributed by atoms with Crippen LogP contribution < -0.4 is 4.72 Å². The molecule has 1 atom stereocenters. The molecule has 8 nitrogen and oxygen atoms in total. The Balaban J connectivity index is 1.41.